The maximum Gasteiger partial charge on any atom is 0.170 e. The van der Waals surface area contributed by atoms with E-state index in [1.54, 1.807) is 7.11 Å². The van der Waals surface area contributed by atoms with Gasteiger partial charge in [0.05, 0.1) is 19.8 Å². The van der Waals surface area contributed by atoms with E-state index < -0.39 is 0 Å². The van der Waals surface area contributed by atoms with E-state index in [1.807, 2.05) is 0 Å². The van der Waals surface area contributed by atoms with E-state index in [2.05, 4.69) is 4.90 Å². The van der Waals surface area contributed by atoms with E-state index in [-0.39, 0.29) is 11.8 Å². The number of ether oxygens (including phenoxy) is 3. The quantitative estimate of drug-likeness (QED) is 0.798. The lowest BCUT2D eigenvalue weighted by Crippen LogP contribution is -2.57. The molecule has 2 N–H and O–H groups in total. The molecule has 2 aliphatic carbocycles. The summed E-state index contributed by atoms with van der Waals surface area (Å²) in [6.07, 6.45) is 5.42. The molecule has 1 spiro atoms. The van der Waals surface area contributed by atoms with Gasteiger partial charge in [-0.2, -0.15) is 0 Å². The molecule has 3 fully saturated rings. The van der Waals surface area contributed by atoms with Crippen LogP contribution < -0.4 is 5.73 Å². The lowest BCUT2D eigenvalue weighted by molar-refractivity contribution is -0.192. The molecule has 3 aliphatic rings. The predicted octanol–water partition coefficient (Wildman–Crippen LogP) is 0.720. The summed E-state index contributed by atoms with van der Waals surface area (Å²) in [7, 11) is 1.76. The first-order chi connectivity index (χ1) is 9.24. The second kappa shape index (κ2) is 5.66. The van der Waals surface area contributed by atoms with Crippen molar-refractivity contribution in [3.05, 3.63) is 0 Å². The van der Waals surface area contributed by atoms with Gasteiger partial charge < -0.3 is 19.9 Å². The fourth-order valence-electron chi connectivity index (χ4n) is 3.50. The van der Waals surface area contributed by atoms with Crippen LogP contribution in [0, 0.1) is 0 Å². The Balaban J connectivity index is 1.68. The summed E-state index contributed by atoms with van der Waals surface area (Å²) in [5, 5.41) is 0. The molecule has 5 nitrogen and oxygen atoms in total. The summed E-state index contributed by atoms with van der Waals surface area (Å²) < 4.78 is 17.0. The van der Waals surface area contributed by atoms with Crippen molar-refractivity contribution in [2.24, 2.45) is 5.73 Å². The molecule has 19 heavy (non-hydrogen) atoms. The van der Waals surface area contributed by atoms with E-state index in [4.69, 9.17) is 19.9 Å². The van der Waals surface area contributed by atoms with Crippen LogP contribution in [0.3, 0.4) is 0 Å². The maximum absolute atomic E-state index is 6.37. The molecule has 1 heterocycles. The van der Waals surface area contributed by atoms with Crippen LogP contribution in [0.5, 0.6) is 0 Å². The molecule has 0 bridgehead atoms. The molecule has 2 atom stereocenters. The van der Waals surface area contributed by atoms with Crippen LogP contribution >= 0.6 is 0 Å². The van der Waals surface area contributed by atoms with E-state index in [1.165, 1.54) is 12.8 Å². The molecule has 3 rings (SSSR count). The molecule has 0 aromatic heterocycles. The third-order valence-electron chi connectivity index (χ3n) is 4.68. The minimum Gasteiger partial charge on any atom is -0.383 e. The summed E-state index contributed by atoms with van der Waals surface area (Å²) >= 11 is 0. The van der Waals surface area contributed by atoms with E-state index >= 15 is 0 Å². The normalized spacial score (nSPS) is 34.3. The standard InChI is InChI=1S/C14H26N2O3/c1-17-7-6-16(11-2-3-11)13-10-14(5-4-12(13)15)18-8-9-19-14/h11-13H,2-10,15H2,1H3. The van der Waals surface area contributed by atoms with Crippen molar-refractivity contribution >= 4 is 0 Å². The van der Waals surface area contributed by atoms with Gasteiger partial charge in [-0.15, -0.1) is 0 Å². The van der Waals surface area contributed by atoms with Crippen molar-refractivity contribution in [3.8, 4) is 0 Å². The van der Waals surface area contributed by atoms with Gasteiger partial charge in [-0.3, -0.25) is 4.90 Å². The van der Waals surface area contributed by atoms with Crippen LogP contribution in [0.15, 0.2) is 0 Å². The minimum atomic E-state index is -0.346. The Morgan fingerprint density at radius 1 is 1.26 bits per heavy atom. The highest BCUT2D eigenvalue weighted by Crippen LogP contribution is 2.40. The van der Waals surface area contributed by atoms with Crippen LogP contribution in [0.4, 0.5) is 0 Å². The monoisotopic (exact) mass is 270 g/mol. The molecule has 1 aliphatic heterocycles. The van der Waals surface area contributed by atoms with Crippen molar-refractivity contribution in [3.63, 3.8) is 0 Å². The maximum atomic E-state index is 6.37. The van der Waals surface area contributed by atoms with Crippen LogP contribution in [-0.4, -0.2) is 62.3 Å². The first kappa shape index (κ1) is 13.8. The largest absolute Gasteiger partial charge is 0.383 e. The van der Waals surface area contributed by atoms with Gasteiger partial charge in [-0.1, -0.05) is 0 Å². The average Bonchev–Trinajstić information content (AvgIpc) is 3.15. The highest BCUT2D eigenvalue weighted by Gasteiger charge is 2.48. The van der Waals surface area contributed by atoms with Gasteiger partial charge in [0.1, 0.15) is 0 Å². The highest BCUT2D eigenvalue weighted by molar-refractivity contribution is 4.99. The summed E-state index contributed by atoms with van der Waals surface area (Å²) in [5.74, 6) is -0.346. The molecule has 1 saturated heterocycles. The van der Waals surface area contributed by atoms with Gasteiger partial charge in [0.25, 0.3) is 0 Å². The molecule has 0 aromatic carbocycles. The van der Waals surface area contributed by atoms with Gasteiger partial charge in [0.2, 0.25) is 0 Å². The van der Waals surface area contributed by atoms with Gasteiger partial charge >= 0.3 is 0 Å². The zero-order valence-electron chi connectivity index (χ0n) is 11.8. The summed E-state index contributed by atoms with van der Waals surface area (Å²) in [5.41, 5.74) is 6.37. The zero-order valence-corrected chi connectivity index (χ0v) is 11.8. The first-order valence-electron chi connectivity index (χ1n) is 7.52. The van der Waals surface area contributed by atoms with Crippen LogP contribution in [0.2, 0.25) is 0 Å². The Morgan fingerprint density at radius 2 is 2.00 bits per heavy atom. The zero-order chi connectivity index (χ0) is 13.3. The number of methoxy groups -OCH3 is 1. The fraction of sp³-hybridized carbons (Fsp3) is 1.00. The Hall–Kier alpha value is -0.200. The molecular weight excluding hydrogens is 244 g/mol. The second-order valence-electron chi connectivity index (χ2n) is 6.04. The molecule has 2 unspecified atom stereocenters. The van der Waals surface area contributed by atoms with Gasteiger partial charge in [-0.25, -0.2) is 0 Å². The predicted molar refractivity (Wildman–Crippen MR) is 71.9 cm³/mol. The minimum absolute atomic E-state index is 0.232. The van der Waals surface area contributed by atoms with Gasteiger partial charge in [-0.05, 0) is 19.3 Å². The summed E-state index contributed by atoms with van der Waals surface area (Å²) in [6.45, 7) is 3.19. The number of rotatable bonds is 5. The Morgan fingerprint density at radius 3 is 2.63 bits per heavy atom. The van der Waals surface area contributed by atoms with Gasteiger partial charge in [0, 0.05) is 44.6 Å². The van der Waals surface area contributed by atoms with Crippen molar-refractivity contribution < 1.29 is 14.2 Å². The Labute approximate surface area is 115 Å². The Kier molecular flexibility index (Phi) is 4.10. The van der Waals surface area contributed by atoms with E-state index in [0.29, 0.717) is 12.1 Å². The van der Waals surface area contributed by atoms with E-state index in [0.717, 1.165) is 45.6 Å². The number of hydrogen-bond donors (Lipinski definition) is 1. The smallest absolute Gasteiger partial charge is 0.170 e. The van der Waals surface area contributed by atoms with Crippen LogP contribution in [-0.2, 0) is 14.2 Å². The molecule has 2 saturated carbocycles. The average molecular weight is 270 g/mol. The molecule has 110 valence electrons. The lowest BCUT2D eigenvalue weighted by Gasteiger charge is -2.45. The highest BCUT2D eigenvalue weighted by atomic mass is 16.7. The van der Waals surface area contributed by atoms with E-state index in [9.17, 15) is 0 Å². The second-order valence-corrected chi connectivity index (χ2v) is 6.04. The first-order valence-corrected chi connectivity index (χ1v) is 7.52. The summed E-state index contributed by atoms with van der Waals surface area (Å²) in [4.78, 5) is 2.54. The van der Waals surface area contributed by atoms with Crippen molar-refractivity contribution in [2.75, 3.05) is 33.5 Å². The fourth-order valence-corrected chi connectivity index (χ4v) is 3.50. The van der Waals surface area contributed by atoms with Crippen molar-refractivity contribution in [1.29, 1.82) is 0 Å². The molecule has 0 aromatic rings. The number of nitrogens with zero attached hydrogens (tertiary/aromatic N) is 1. The summed E-state index contributed by atoms with van der Waals surface area (Å²) in [6, 6.07) is 1.30. The molecule has 0 radical (unpaired) electrons. The topological polar surface area (TPSA) is 57.0 Å². The molecule has 5 heteroatoms. The third-order valence-corrected chi connectivity index (χ3v) is 4.68. The van der Waals surface area contributed by atoms with Crippen LogP contribution in [0.25, 0.3) is 0 Å². The number of hydrogen-bond acceptors (Lipinski definition) is 5. The number of nitrogens with two attached hydrogens (primary N) is 1. The third kappa shape index (κ3) is 2.95. The molecule has 0 amide bonds. The van der Waals surface area contributed by atoms with Gasteiger partial charge in [0.15, 0.2) is 5.79 Å². The van der Waals surface area contributed by atoms with Crippen molar-refractivity contribution in [2.45, 2.75) is 56.0 Å². The molecular formula is C14H26N2O3. The van der Waals surface area contributed by atoms with Crippen LogP contribution in [0.1, 0.15) is 32.1 Å². The Bertz CT molecular complexity index is 303. The van der Waals surface area contributed by atoms with Crippen molar-refractivity contribution in [1.82, 2.24) is 4.90 Å². The lowest BCUT2D eigenvalue weighted by atomic mass is 9.85. The SMILES string of the molecule is COCCN(C1CC1)C1CC2(CCC1N)OCCO2.